The fourth-order valence-electron chi connectivity index (χ4n) is 3.41. The Balaban J connectivity index is 1.59. The average Bonchev–Trinajstić information content (AvgIpc) is 3.37. The highest BCUT2D eigenvalue weighted by Gasteiger charge is 2.18. The summed E-state index contributed by atoms with van der Waals surface area (Å²) in [7, 11) is 0. The van der Waals surface area contributed by atoms with Gasteiger partial charge in [-0.1, -0.05) is 24.3 Å². The number of para-hydroxylation sites is 1. The van der Waals surface area contributed by atoms with Crippen LogP contribution in [0.1, 0.15) is 22.4 Å². The number of hydrogen-bond donors (Lipinski definition) is 2. The largest absolute Gasteiger partial charge is 0.334 e. The molecule has 4 aromatic rings. The van der Waals surface area contributed by atoms with Crippen LogP contribution in [0.25, 0.3) is 11.5 Å². The number of anilines is 1. The quantitative estimate of drug-likeness (QED) is 0.501. The van der Waals surface area contributed by atoms with Gasteiger partial charge in [-0.25, -0.2) is 9.48 Å². The SMILES string of the molecule is Cc1ccc(NC(=O)NCc2c(C)nn(-c3ccccc3)c2-n2cccc2)cc1C. The molecule has 6 nitrogen and oxygen atoms in total. The minimum atomic E-state index is -0.247. The molecule has 152 valence electrons. The van der Waals surface area contributed by atoms with Gasteiger partial charge < -0.3 is 15.2 Å². The average molecular weight is 399 g/mol. The first kappa shape index (κ1) is 19.5. The number of nitrogens with zero attached hydrogens (tertiary/aromatic N) is 3. The first-order valence-corrected chi connectivity index (χ1v) is 9.92. The van der Waals surface area contributed by atoms with Crippen LogP contribution in [0.15, 0.2) is 73.1 Å². The first-order valence-electron chi connectivity index (χ1n) is 9.92. The number of aryl methyl sites for hydroxylation is 3. The van der Waals surface area contributed by atoms with E-state index in [2.05, 4.69) is 17.6 Å². The number of amides is 2. The van der Waals surface area contributed by atoms with Crippen molar-refractivity contribution in [3.8, 4) is 11.5 Å². The molecule has 0 aliphatic carbocycles. The molecule has 0 aliphatic rings. The Morgan fingerprint density at radius 3 is 2.37 bits per heavy atom. The molecule has 0 fully saturated rings. The van der Waals surface area contributed by atoms with Gasteiger partial charge in [0.2, 0.25) is 0 Å². The fraction of sp³-hybridized carbons (Fsp3) is 0.167. The van der Waals surface area contributed by atoms with Crippen molar-refractivity contribution in [1.82, 2.24) is 19.7 Å². The van der Waals surface area contributed by atoms with Crippen molar-refractivity contribution in [3.63, 3.8) is 0 Å². The molecular weight excluding hydrogens is 374 g/mol. The zero-order valence-electron chi connectivity index (χ0n) is 17.4. The molecule has 4 rings (SSSR count). The minimum absolute atomic E-state index is 0.247. The summed E-state index contributed by atoms with van der Waals surface area (Å²) < 4.78 is 3.93. The molecule has 0 unspecified atom stereocenters. The van der Waals surface area contributed by atoms with Crippen LogP contribution in [0.5, 0.6) is 0 Å². The lowest BCUT2D eigenvalue weighted by atomic mass is 10.1. The standard InChI is InChI=1S/C24H25N5O/c1-17-11-12-20(15-18(17)2)26-24(30)25-16-22-19(3)27-29(21-9-5-4-6-10-21)23(22)28-13-7-8-14-28/h4-15H,16H2,1-3H3,(H2,25,26,30). The van der Waals surface area contributed by atoms with Crippen molar-refractivity contribution in [1.29, 1.82) is 0 Å². The van der Waals surface area contributed by atoms with Crippen molar-refractivity contribution in [2.45, 2.75) is 27.3 Å². The Hall–Kier alpha value is -3.80. The summed E-state index contributed by atoms with van der Waals surface area (Å²) in [6.45, 7) is 6.41. The van der Waals surface area contributed by atoms with Crippen LogP contribution >= 0.6 is 0 Å². The molecule has 0 radical (unpaired) electrons. The Morgan fingerprint density at radius 2 is 1.67 bits per heavy atom. The fourth-order valence-corrected chi connectivity index (χ4v) is 3.41. The van der Waals surface area contributed by atoms with Crippen LogP contribution in [0.3, 0.4) is 0 Å². The van der Waals surface area contributed by atoms with Gasteiger partial charge in [-0.2, -0.15) is 5.10 Å². The predicted molar refractivity (Wildman–Crippen MR) is 119 cm³/mol. The topological polar surface area (TPSA) is 63.9 Å². The second kappa shape index (κ2) is 8.29. The van der Waals surface area contributed by atoms with E-state index in [4.69, 9.17) is 5.10 Å². The zero-order chi connectivity index (χ0) is 21.1. The van der Waals surface area contributed by atoms with E-state index in [1.165, 1.54) is 5.56 Å². The van der Waals surface area contributed by atoms with Crippen molar-refractivity contribution in [2.24, 2.45) is 0 Å². The lowest BCUT2D eigenvalue weighted by molar-refractivity contribution is 0.251. The third-order valence-electron chi connectivity index (χ3n) is 5.20. The van der Waals surface area contributed by atoms with Crippen molar-refractivity contribution < 1.29 is 4.79 Å². The van der Waals surface area contributed by atoms with Gasteiger partial charge in [0.25, 0.3) is 0 Å². The number of carbonyl (C=O) groups excluding carboxylic acids is 1. The van der Waals surface area contributed by atoms with Crippen LogP contribution in [-0.2, 0) is 6.54 Å². The highest BCUT2D eigenvalue weighted by Crippen LogP contribution is 2.23. The second-order valence-corrected chi connectivity index (χ2v) is 7.33. The maximum absolute atomic E-state index is 12.5. The highest BCUT2D eigenvalue weighted by atomic mass is 16.2. The first-order chi connectivity index (χ1) is 14.5. The van der Waals surface area contributed by atoms with Gasteiger partial charge in [0.05, 0.1) is 17.9 Å². The Labute approximate surface area is 176 Å². The third kappa shape index (κ3) is 3.98. The number of aromatic nitrogens is 3. The molecule has 0 spiro atoms. The number of rotatable bonds is 5. The monoisotopic (exact) mass is 399 g/mol. The number of carbonyl (C=O) groups is 1. The molecule has 0 atom stereocenters. The van der Waals surface area contributed by atoms with Crippen LogP contribution in [-0.4, -0.2) is 20.4 Å². The summed E-state index contributed by atoms with van der Waals surface area (Å²) in [4.78, 5) is 12.5. The Morgan fingerprint density at radius 1 is 0.933 bits per heavy atom. The molecule has 6 heteroatoms. The molecule has 2 heterocycles. The molecule has 30 heavy (non-hydrogen) atoms. The van der Waals surface area contributed by atoms with E-state index in [1.54, 1.807) is 0 Å². The van der Waals surface area contributed by atoms with Gasteiger partial charge in [0, 0.05) is 23.6 Å². The van der Waals surface area contributed by atoms with Crippen molar-refractivity contribution in [2.75, 3.05) is 5.32 Å². The van der Waals surface area contributed by atoms with Crippen LogP contribution < -0.4 is 10.6 Å². The van der Waals surface area contributed by atoms with E-state index < -0.39 is 0 Å². The Bertz CT molecular complexity index is 1160. The van der Waals surface area contributed by atoms with Gasteiger partial charge in [-0.15, -0.1) is 0 Å². The van der Waals surface area contributed by atoms with Gasteiger partial charge >= 0.3 is 6.03 Å². The van der Waals surface area contributed by atoms with Crippen LogP contribution in [0, 0.1) is 20.8 Å². The van der Waals surface area contributed by atoms with Crippen LogP contribution in [0.4, 0.5) is 10.5 Å². The predicted octanol–water partition coefficient (Wildman–Crippen LogP) is 4.91. The Kier molecular flexibility index (Phi) is 5.39. The van der Waals surface area contributed by atoms with E-state index in [9.17, 15) is 4.79 Å². The minimum Gasteiger partial charge on any atom is -0.334 e. The lowest BCUT2D eigenvalue weighted by Crippen LogP contribution is -2.28. The number of nitrogens with one attached hydrogen (secondary N) is 2. The van der Waals surface area contributed by atoms with E-state index in [1.807, 2.05) is 96.2 Å². The summed E-state index contributed by atoms with van der Waals surface area (Å²) in [5.41, 5.74) is 5.91. The van der Waals surface area contributed by atoms with E-state index >= 15 is 0 Å². The van der Waals surface area contributed by atoms with Gasteiger partial charge in [-0.3, -0.25) is 0 Å². The molecule has 2 N–H and O–H groups in total. The molecule has 0 saturated heterocycles. The van der Waals surface area contributed by atoms with Gasteiger partial charge in [0.1, 0.15) is 5.82 Å². The van der Waals surface area contributed by atoms with Gasteiger partial charge in [-0.05, 0) is 68.3 Å². The third-order valence-corrected chi connectivity index (χ3v) is 5.20. The van der Waals surface area contributed by atoms with E-state index in [0.29, 0.717) is 6.54 Å². The normalized spacial score (nSPS) is 10.8. The lowest BCUT2D eigenvalue weighted by Gasteiger charge is -2.12. The van der Waals surface area contributed by atoms with Crippen molar-refractivity contribution in [3.05, 3.63) is 95.4 Å². The molecule has 2 aromatic carbocycles. The second-order valence-electron chi connectivity index (χ2n) is 7.33. The summed E-state index contributed by atoms with van der Waals surface area (Å²) in [6, 6.07) is 19.6. The van der Waals surface area contributed by atoms with E-state index in [0.717, 1.165) is 34.0 Å². The van der Waals surface area contributed by atoms with Crippen LogP contribution in [0.2, 0.25) is 0 Å². The molecule has 2 aromatic heterocycles. The molecule has 0 saturated carbocycles. The summed E-state index contributed by atoms with van der Waals surface area (Å²) >= 11 is 0. The van der Waals surface area contributed by atoms with Crippen molar-refractivity contribution >= 4 is 11.7 Å². The highest BCUT2D eigenvalue weighted by molar-refractivity contribution is 5.89. The molecule has 0 aliphatic heterocycles. The number of urea groups is 1. The summed E-state index contributed by atoms with van der Waals surface area (Å²) in [5.74, 6) is 0.912. The van der Waals surface area contributed by atoms with Gasteiger partial charge in [0.15, 0.2) is 0 Å². The molecule has 2 amide bonds. The number of benzene rings is 2. The maximum Gasteiger partial charge on any atom is 0.319 e. The maximum atomic E-state index is 12.5. The zero-order valence-corrected chi connectivity index (χ0v) is 17.4. The summed E-state index contributed by atoms with van der Waals surface area (Å²) in [6.07, 6.45) is 3.96. The molecular formula is C24H25N5O. The molecule has 0 bridgehead atoms. The van der Waals surface area contributed by atoms with E-state index in [-0.39, 0.29) is 6.03 Å². The summed E-state index contributed by atoms with van der Waals surface area (Å²) in [5, 5.41) is 10.6. The smallest absolute Gasteiger partial charge is 0.319 e. The number of hydrogen-bond acceptors (Lipinski definition) is 2.